The summed E-state index contributed by atoms with van der Waals surface area (Å²) in [5, 5.41) is 0. The fourth-order valence-corrected chi connectivity index (χ4v) is 1.44. The van der Waals surface area contributed by atoms with E-state index in [2.05, 4.69) is 23.8 Å². The average Bonchev–Trinajstić information content (AvgIpc) is 2.39. The lowest BCUT2D eigenvalue weighted by atomic mass is 10.2. The van der Waals surface area contributed by atoms with Crippen LogP contribution in [0, 0.1) is 0 Å². The zero-order chi connectivity index (χ0) is 8.10. The van der Waals surface area contributed by atoms with E-state index in [0.717, 1.165) is 19.5 Å². The Morgan fingerprint density at radius 1 is 1.64 bits per heavy atom. The summed E-state index contributed by atoms with van der Waals surface area (Å²) in [6, 6.07) is 0. The lowest BCUT2D eigenvalue weighted by Crippen LogP contribution is -2.19. The summed E-state index contributed by atoms with van der Waals surface area (Å²) in [5.74, 6) is 0. The van der Waals surface area contributed by atoms with Gasteiger partial charge in [0.2, 0.25) is 0 Å². The first kappa shape index (κ1) is 8.47. The van der Waals surface area contributed by atoms with Crippen LogP contribution >= 0.6 is 0 Å². The van der Waals surface area contributed by atoms with Crippen molar-refractivity contribution in [2.75, 3.05) is 13.1 Å². The Bertz CT molecular complexity index is 180. The molecule has 1 aliphatic heterocycles. The summed E-state index contributed by atoms with van der Waals surface area (Å²) >= 11 is 0. The van der Waals surface area contributed by atoms with Crippen molar-refractivity contribution in [3.05, 3.63) is 12.3 Å². The molecule has 1 rings (SSSR count). The van der Waals surface area contributed by atoms with Crippen LogP contribution in [0.25, 0.3) is 0 Å². The maximum Gasteiger partial charge on any atom is 0.165 e. The number of nitrogens with zero attached hydrogens (tertiary/aromatic N) is 1. The topological polar surface area (TPSA) is 29.0 Å². The molecule has 0 atom stereocenters. The highest BCUT2D eigenvalue weighted by atomic mass is 15.0. The quantitative estimate of drug-likeness (QED) is 0.602. The van der Waals surface area contributed by atoms with Gasteiger partial charge in [-0.15, -0.1) is 0 Å². The molecule has 62 valence electrons. The maximum absolute atomic E-state index is 5.48. The van der Waals surface area contributed by atoms with Gasteiger partial charge in [0.15, 0.2) is 18.5 Å². The van der Waals surface area contributed by atoms with Crippen LogP contribution in [0.3, 0.4) is 0 Å². The Balaban J connectivity index is 2.52. The molecule has 0 fully saturated rings. The lowest BCUT2D eigenvalue weighted by Gasteiger charge is -1.97. The van der Waals surface area contributed by atoms with Crippen molar-refractivity contribution in [3.63, 3.8) is 0 Å². The second-order valence-electron chi connectivity index (χ2n) is 2.89. The van der Waals surface area contributed by atoms with Crippen molar-refractivity contribution in [2.24, 2.45) is 5.73 Å². The molecular formula is C9H17N2+. The van der Waals surface area contributed by atoms with E-state index in [1.165, 1.54) is 18.6 Å². The molecule has 0 aromatic carbocycles. The largest absolute Gasteiger partial charge is 0.325 e. The van der Waals surface area contributed by atoms with Crippen molar-refractivity contribution in [1.29, 1.82) is 0 Å². The van der Waals surface area contributed by atoms with Gasteiger partial charge in [0, 0.05) is 6.42 Å². The summed E-state index contributed by atoms with van der Waals surface area (Å²) in [7, 11) is 0. The molecule has 0 bridgehead atoms. The molecule has 11 heavy (non-hydrogen) atoms. The van der Waals surface area contributed by atoms with Crippen molar-refractivity contribution in [2.45, 2.75) is 26.2 Å². The predicted octanol–water partition coefficient (Wildman–Crippen LogP) is 1.12. The molecule has 0 radical (unpaired) electrons. The molecule has 0 aromatic heterocycles. The Kier molecular flexibility index (Phi) is 3.30. The minimum absolute atomic E-state index is 0.748. The third-order valence-electron chi connectivity index (χ3n) is 1.95. The first-order chi connectivity index (χ1) is 5.38. The minimum atomic E-state index is 0.748. The van der Waals surface area contributed by atoms with Crippen LogP contribution in [0.4, 0.5) is 0 Å². The Morgan fingerprint density at radius 2 is 2.45 bits per heavy atom. The van der Waals surface area contributed by atoms with E-state index in [9.17, 15) is 0 Å². The highest BCUT2D eigenvalue weighted by molar-refractivity contribution is 5.82. The van der Waals surface area contributed by atoms with E-state index < -0.39 is 0 Å². The second-order valence-corrected chi connectivity index (χ2v) is 2.89. The van der Waals surface area contributed by atoms with E-state index in [0.29, 0.717) is 0 Å². The molecule has 0 unspecified atom stereocenters. The minimum Gasteiger partial charge on any atom is -0.325 e. The molecule has 2 heteroatoms. The normalized spacial score (nSPS) is 16.5. The zero-order valence-corrected chi connectivity index (χ0v) is 7.21. The van der Waals surface area contributed by atoms with Crippen molar-refractivity contribution in [3.8, 4) is 0 Å². The van der Waals surface area contributed by atoms with E-state index in [-0.39, 0.29) is 0 Å². The van der Waals surface area contributed by atoms with Crippen molar-refractivity contribution < 1.29 is 4.58 Å². The van der Waals surface area contributed by atoms with Crippen LogP contribution in [-0.4, -0.2) is 23.4 Å². The Morgan fingerprint density at radius 3 is 3.09 bits per heavy atom. The summed E-state index contributed by atoms with van der Waals surface area (Å²) in [6.45, 7) is 3.94. The van der Waals surface area contributed by atoms with Crippen LogP contribution in [0.1, 0.15) is 26.2 Å². The third-order valence-corrected chi connectivity index (χ3v) is 1.95. The molecule has 1 aliphatic rings. The highest BCUT2D eigenvalue weighted by Gasteiger charge is 2.14. The van der Waals surface area contributed by atoms with Gasteiger partial charge in [-0.05, 0) is 12.5 Å². The predicted molar refractivity (Wildman–Crippen MR) is 47.9 cm³/mol. The monoisotopic (exact) mass is 153 g/mol. The smallest absolute Gasteiger partial charge is 0.165 e. The summed E-state index contributed by atoms with van der Waals surface area (Å²) in [4.78, 5) is 0. The molecule has 0 amide bonds. The highest BCUT2D eigenvalue weighted by Crippen LogP contribution is 2.05. The van der Waals surface area contributed by atoms with Gasteiger partial charge >= 0.3 is 0 Å². The zero-order valence-electron chi connectivity index (χ0n) is 7.21. The molecule has 0 saturated carbocycles. The van der Waals surface area contributed by atoms with Crippen molar-refractivity contribution in [1.82, 2.24) is 0 Å². The molecule has 0 aliphatic carbocycles. The Labute approximate surface area is 68.4 Å². The van der Waals surface area contributed by atoms with Gasteiger partial charge in [-0.25, -0.2) is 4.58 Å². The number of allylic oxidation sites excluding steroid dienone is 1. The number of rotatable bonds is 4. The molecule has 2 nitrogen and oxygen atoms in total. The van der Waals surface area contributed by atoms with Gasteiger partial charge in [-0.2, -0.15) is 0 Å². The fourth-order valence-electron chi connectivity index (χ4n) is 1.44. The van der Waals surface area contributed by atoms with E-state index >= 15 is 0 Å². The summed E-state index contributed by atoms with van der Waals surface area (Å²) in [6.07, 6.45) is 7.94. The molecule has 2 N–H and O–H groups in total. The molecule has 1 heterocycles. The van der Waals surface area contributed by atoms with Crippen LogP contribution in [0.5, 0.6) is 0 Å². The number of hydrogen-bond donors (Lipinski definition) is 1. The molecule has 0 aromatic rings. The second kappa shape index (κ2) is 4.29. The third kappa shape index (κ3) is 2.15. The first-order valence-electron chi connectivity index (χ1n) is 4.36. The average molecular weight is 153 g/mol. The van der Waals surface area contributed by atoms with Gasteiger partial charge in [-0.3, -0.25) is 0 Å². The fraction of sp³-hybridized carbons (Fsp3) is 0.667. The lowest BCUT2D eigenvalue weighted by molar-refractivity contribution is -0.452. The SMILES string of the molecule is CCCC1=[N+](CCN)C=CC1. The number of hydrogen-bond acceptors (Lipinski definition) is 1. The van der Waals surface area contributed by atoms with Crippen LogP contribution in [0.2, 0.25) is 0 Å². The van der Waals surface area contributed by atoms with Gasteiger partial charge in [0.1, 0.15) is 0 Å². The summed E-state index contributed by atoms with van der Waals surface area (Å²) < 4.78 is 2.28. The number of nitrogens with two attached hydrogens (primary N) is 1. The van der Waals surface area contributed by atoms with Crippen LogP contribution in [0.15, 0.2) is 12.3 Å². The van der Waals surface area contributed by atoms with Gasteiger partial charge in [0.05, 0.1) is 13.0 Å². The first-order valence-corrected chi connectivity index (χ1v) is 4.36. The Hall–Kier alpha value is -0.630. The van der Waals surface area contributed by atoms with Gasteiger partial charge < -0.3 is 5.73 Å². The van der Waals surface area contributed by atoms with E-state index in [1.807, 2.05) is 0 Å². The molecule has 0 saturated heterocycles. The maximum atomic E-state index is 5.48. The summed E-state index contributed by atoms with van der Waals surface area (Å²) in [5.41, 5.74) is 7.00. The van der Waals surface area contributed by atoms with Gasteiger partial charge in [-0.1, -0.05) is 6.92 Å². The van der Waals surface area contributed by atoms with Gasteiger partial charge in [0.25, 0.3) is 0 Å². The van der Waals surface area contributed by atoms with Crippen LogP contribution < -0.4 is 5.73 Å². The van der Waals surface area contributed by atoms with E-state index in [4.69, 9.17) is 5.73 Å². The van der Waals surface area contributed by atoms with E-state index in [1.54, 1.807) is 0 Å². The molecular weight excluding hydrogens is 136 g/mol. The van der Waals surface area contributed by atoms with Crippen LogP contribution in [-0.2, 0) is 0 Å². The standard InChI is InChI=1S/C9H17N2/c1-2-4-9-5-3-7-11(9)8-6-10/h3,7H,2,4-6,8,10H2,1H3/q+1. The van der Waals surface area contributed by atoms with Crippen molar-refractivity contribution >= 4 is 5.71 Å². The molecule has 0 spiro atoms.